The van der Waals surface area contributed by atoms with Crippen LogP contribution in [0.2, 0.25) is 0 Å². The molecule has 202 valence electrons. The number of aliphatic hydroxyl groups is 1. The molecule has 2 aromatic rings. The zero-order chi connectivity index (χ0) is 26.4. The van der Waals surface area contributed by atoms with E-state index in [1.54, 1.807) is 17.0 Å². The number of likely N-dealkylation sites (tertiary alicyclic amines) is 1. The van der Waals surface area contributed by atoms with Crippen LogP contribution in [0.5, 0.6) is 5.75 Å². The van der Waals surface area contributed by atoms with Crippen molar-refractivity contribution in [2.75, 3.05) is 26.2 Å². The Morgan fingerprint density at radius 1 is 1.22 bits per heavy atom. The van der Waals surface area contributed by atoms with Crippen LogP contribution in [0.1, 0.15) is 75.8 Å². The van der Waals surface area contributed by atoms with E-state index in [1.807, 2.05) is 13.0 Å². The Kier molecular flexibility index (Phi) is 8.90. The van der Waals surface area contributed by atoms with Gasteiger partial charge in [-0.1, -0.05) is 39.0 Å². The summed E-state index contributed by atoms with van der Waals surface area (Å²) in [4.78, 5) is 39.3. The number of aryl methyl sites for hydroxylation is 1. The standard InChI is InChI=1S/C29H40N2O6/c1-3-4-5-6-10-24-20(2)23-12-11-22(16-25(23)37-28(24)34)36-19-26(32)30-17-27(33)31-15-14-29(35)13-8-7-9-21(29)18-31/h11-12,16,21,35H,3-10,13-15,17-19H2,1-2H3,(H,30,32)/t21-,29+/m1/s1. The first-order valence-corrected chi connectivity index (χ1v) is 13.8. The molecule has 0 unspecified atom stereocenters. The van der Waals surface area contributed by atoms with Crippen molar-refractivity contribution in [3.05, 3.63) is 39.7 Å². The third-order valence-electron chi connectivity index (χ3n) is 8.13. The van der Waals surface area contributed by atoms with Gasteiger partial charge >= 0.3 is 5.63 Å². The molecule has 4 rings (SSSR count). The van der Waals surface area contributed by atoms with Gasteiger partial charge in [0.15, 0.2) is 6.61 Å². The van der Waals surface area contributed by atoms with Gasteiger partial charge in [0.05, 0.1) is 12.1 Å². The summed E-state index contributed by atoms with van der Waals surface area (Å²) in [5.74, 6) is -0.0133. The molecule has 2 atom stereocenters. The van der Waals surface area contributed by atoms with E-state index >= 15 is 0 Å². The largest absolute Gasteiger partial charge is 0.484 e. The van der Waals surface area contributed by atoms with Crippen LogP contribution in [0.4, 0.5) is 0 Å². The molecule has 1 saturated carbocycles. The van der Waals surface area contributed by atoms with Crippen molar-refractivity contribution in [2.24, 2.45) is 5.92 Å². The van der Waals surface area contributed by atoms with Gasteiger partial charge in [-0.25, -0.2) is 4.79 Å². The summed E-state index contributed by atoms with van der Waals surface area (Å²) in [5.41, 5.74) is 1.12. The average Bonchev–Trinajstić information content (AvgIpc) is 2.89. The minimum Gasteiger partial charge on any atom is -0.484 e. The van der Waals surface area contributed by atoms with Gasteiger partial charge in [0.1, 0.15) is 11.3 Å². The number of piperidine rings is 1. The molecule has 1 saturated heterocycles. The molecule has 2 N–H and O–H groups in total. The number of rotatable bonds is 10. The van der Waals surface area contributed by atoms with Crippen LogP contribution >= 0.6 is 0 Å². The number of nitrogens with one attached hydrogen (secondary N) is 1. The highest BCUT2D eigenvalue weighted by Gasteiger charge is 2.43. The predicted octanol–water partition coefficient (Wildman–Crippen LogP) is 3.87. The first-order chi connectivity index (χ1) is 17.8. The number of fused-ring (bicyclic) bond motifs is 2. The fourth-order valence-electron chi connectivity index (χ4n) is 5.77. The molecule has 8 nitrogen and oxygen atoms in total. The molecular formula is C29H40N2O6. The van der Waals surface area contributed by atoms with Gasteiger partial charge in [-0.3, -0.25) is 9.59 Å². The third kappa shape index (κ3) is 6.53. The Morgan fingerprint density at radius 3 is 2.86 bits per heavy atom. The Morgan fingerprint density at radius 2 is 2.05 bits per heavy atom. The second-order valence-corrected chi connectivity index (χ2v) is 10.7. The van der Waals surface area contributed by atoms with Gasteiger partial charge in [-0.2, -0.15) is 0 Å². The highest BCUT2D eigenvalue weighted by molar-refractivity contribution is 5.86. The van der Waals surface area contributed by atoms with Crippen molar-refractivity contribution >= 4 is 22.8 Å². The molecule has 2 amide bonds. The molecule has 8 heteroatoms. The molecule has 1 aromatic heterocycles. The number of carbonyl (C=O) groups excluding carboxylic acids is 2. The van der Waals surface area contributed by atoms with Crippen LogP contribution < -0.4 is 15.7 Å². The summed E-state index contributed by atoms with van der Waals surface area (Å²) in [6.07, 6.45) is 9.54. The molecule has 0 bridgehead atoms. The second-order valence-electron chi connectivity index (χ2n) is 10.7. The van der Waals surface area contributed by atoms with E-state index in [0.717, 1.165) is 67.9 Å². The molecule has 37 heavy (non-hydrogen) atoms. The van der Waals surface area contributed by atoms with Crippen LogP contribution in [-0.2, 0) is 16.0 Å². The lowest BCUT2D eigenvalue weighted by Crippen LogP contribution is -2.56. The number of nitrogens with zero attached hydrogens (tertiary/aromatic N) is 1. The van der Waals surface area contributed by atoms with Gasteiger partial charge in [-0.15, -0.1) is 0 Å². The third-order valence-corrected chi connectivity index (χ3v) is 8.13. The number of benzene rings is 1. The molecule has 0 spiro atoms. The predicted molar refractivity (Wildman–Crippen MR) is 142 cm³/mol. The molecule has 1 aliphatic carbocycles. The Bertz CT molecular complexity index is 1170. The molecule has 2 aliphatic rings. The highest BCUT2D eigenvalue weighted by Crippen LogP contribution is 2.39. The zero-order valence-electron chi connectivity index (χ0n) is 22.1. The fraction of sp³-hybridized carbons (Fsp3) is 0.621. The molecular weight excluding hydrogens is 472 g/mol. The number of ether oxygens (including phenoxy) is 1. The Hall–Kier alpha value is -2.87. The van der Waals surface area contributed by atoms with Crippen molar-refractivity contribution in [3.63, 3.8) is 0 Å². The number of hydrogen-bond donors (Lipinski definition) is 2. The topological polar surface area (TPSA) is 109 Å². The molecule has 1 aliphatic heterocycles. The Balaban J connectivity index is 1.27. The monoisotopic (exact) mass is 512 g/mol. The summed E-state index contributed by atoms with van der Waals surface area (Å²) in [6, 6.07) is 5.23. The van der Waals surface area contributed by atoms with E-state index in [4.69, 9.17) is 9.15 Å². The maximum absolute atomic E-state index is 12.6. The van der Waals surface area contributed by atoms with Gasteiger partial charge in [0.2, 0.25) is 5.91 Å². The maximum atomic E-state index is 12.6. The van der Waals surface area contributed by atoms with Crippen LogP contribution in [-0.4, -0.2) is 53.7 Å². The second kappa shape index (κ2) is 12.1. The lowest BCUT2D eigenvalue weighted by molar-refractivity contribution is -0.143. The summed E-state index contributed by atoms with van der Waals surface area (Å²) < 4.78 is 11.2. The normalized spacial score (nSPS) is 21.5. The maximum Gasteiger partial charge on any atom is 0.339 e. The summed E-state index contributed by atoms with van der Waals surface area (Å²) in [7, 11) is 0. The SMILES string of the molecule is CCCCCCc1c(C)c2ccc(OCC(=O)NCC(=O)N3CC[C@@]4(O)CCCC[C@@H]4C3)cc2oc1=O. The van der Waals surface area contributed by atoms with E-state index < -0.39 is 11.5 Å². The first kappa shape index (κ1) is 27.2. The van der Waals surface area contributed by atoms with E-state index in [0.29, 0.717) is 37.3 Å². The van der Waals surface area contributed by atoms with Crippen molar-refractivity contribution < 1.29 is 23.8 Å². The zero-order valence-corrected chi connectivity index (χ0v) is 22.1. The lowest BCUT2D eigenvalue weighted by atomic mass is 9.71. The van der Waals surface area contributed by atoms with Crippen molar-refractivity contribution in [2.45, 2.75) is 83.7 Å². The summed E-state index contributed by atoms with van der Waals surface area (Å²) in [5, 5.41) is 14.3. The fourth-order valence-corrected chi connectivity index (χ4v) is 5.77. The van der Waals surface area contributed by atoms with Gasteiger partial charge < -0.3 is 24.5 Å². The smallest absolute Gasteiger partial charge is 0.339 e. The number of carbonyl (C=O) groups is 2. The number of unbranched alkanes of at least 4 members (excludes halogenated alkanes) is 3. The summed E-state index contributed by atoms with van der Waals surface area (Å²) >= 11 is 0. The van der Waals surface area contributed by atoms with E-state index in [2.05, 4.69) is 12.2 Å². The van der Waals surface area contributed by atoms with E-state index in [-0.39, 0.29) is 30.6 Å². The van der Waals surface area contributed by atoms with Crippen LogP contribution in [0.3, 0.4) is 0 Å². The first-order valence-electron chi connectivity index (χ1n) is 13.8. The molecule has 1 aromatic carbocycles. The molecule has 2 fully saturated rings. The van der Waals surface area contributed by atoms with Crippen molar-refractivity contribution in [1.29, 1.82) is 0 Å². The van der Waals surface area contributed by atoms with Gasteiger partial charge in [0.25, 0.3) is 5.91 Å². The number of amides is 2. The lowest BCUT2D eigenvalue weighted by Gasteiger charge is -2.47. The van der Waals surface area contributed by atoms with Crippen LogP contribution in [0.25, 0.3) is 11.0 Å². The molecule has 0 radical (unpaired) electrons. The minimum atomic E-state index is -0.639. The van der Waals surface area contributed by atoms with Gasteiger partial charge in [0, 0.05) is 36.0 Å². The van der Waals surface area contributed by atoms with E-state index in [9.17, 15) is 19.5 Å². The van der Waals surface area contributed by atoms with Crippen LogP contribution in [0.15, 0.2) is 27.4 Å². The average molecular weight is 513 g/mol. The van der Waals surface area contributed by atoms with E-state index in [1.165, 1.54) is 0 Å². The quantitative estimate of drug-likeness (QED) is 0.370. The molecule has 2 heterocycles. The Labute approximate surface area is 218 Å². The highest BCUT2D eigenvalue weighted by atomic mass is 16.5. The van der Waals surface area contributed by atoms with Crippen molar-refractivity contribution in [1.82, 2.24) is 10.2 Å². The van der Waals surface area contributed by atoms with Crippen molar-refractivity contribution in [3.8, 4) is 5.75 Å². The van der Waals surface area contributed by atoms with Gasteiger partial charge in [-0.05, 0) is 56.7 Å². The summed E-state index contributed by atoms with van der Waals surface area (Å²) in [6.45, 7) is 4.81. The minimum absolute atomic E-state index is 0.0971. The number of hydrogen-bond acceptors (Lipinski definition) is 6. The van der Waals surface area contributed by atoms with Crippen LogP contribution in [0, 0.1) is 12.8 Å².